The number of halogens is 1. The highest BCUT2D eigenvalue weighted by molar-refractivity contribution is 6.32. The Morgan fingerprint density at radius 2 is 1.95 bits per heavy atom. The highest BCUT2D eigenvalue weighted by Gasteiger charge is 2.25. The molecule has 0 bridgehead atoms. The quantitative estimate of drug-likeness (QED) is 0.301. The van der Waals surface area contributed by atoms with Gasteiger partial charge in [-0.1, -0.05) is 36.9 Å². The van der Waals surface area contributed by atoms with Crippen LogP contribution in [0.25, 0.3) is 11.1 Å². The summed E-state index contributed by atoms with van der Waals surface area (Å²) in [5.74, 6) is 1.57. The van der Waals surface area contributed by atoms with Crippen LogP contribution in [0, 0.1) is 0 Å². The van der Waals surface area contributed by atoms with Crippen LogP contribution in [0.2, 0.25) is 5.02 Å². The summed E-state index contributed by atoms with van der Waals surface area (Å²) in [5.41, 5.74) is 2.46. The highest BCUT2D eigenvalue weighted by atomic mass is 35.5. The largest absolute Gasteiger partial charge is 0.487 e. The average molecular weight is 552 g/mol. The molecule has 3 aromatic heterocycles. The minimum absolute atomic E-state index is 0.0143. The van der Waals surface area contributed by atoms with Crippen molar-refractivity contribution in [3.63, 3.8) is 0 Å². The number of anilines is 2. The molecule has 1 atom stereocenters. The first-order valence-electron chi connectivity index (χ1n) is 13.2. The van der Waals surface area contributed by atoms with Gasteiger partial charge in [0.25, 0.3) is 5.88 Å². The molecular weight excluding hydrogens is 522 g/mol. The molecule has 4 aromatic rings. The Balaban J connectivity index is 1.16. The highest BCUT2D eigenvalue weighted by Crippen LogP contribution is 2.34. The van der Waals surface area contributed by atoms with Crippen molar-refractivity contribution >= 4 is 23.2 Å². The van der Waals surface area contributed by atoms with E-state index in [0.29, 0.717) is 48.4 Å². The van der Waals surface area contributed by atoms with E-state index in [-0.39, 0.29) is 12.2 Å². The molecule has 13 heteroatoms. The predicted octanol–water partition coefficient (Wildman–Crippen LogP) is 4.47. The van der Waals surface area contributed by atoms with Crippen LogP contribution in [0.1, 0.15) is 45.1 Å². The summed E-state index contributed by atoms with van der Waals surface area (Å²) in [6.45, 7) is 3.57. The zero-order chi connectivity index (χ0) is 26.6. The standard InChI is InChI=1S/C26H30ClN9O3/c1-17(12-35-16-30-33-34-35)38-24-9-18(7-8-22(24)27)19-10-28-26(29-11-19)31-23-13-36(20-5-3-2-4-6-20)32-25(23)39-21-14-37-15-21/h7-11,13,16-17,20-21H,2-6,12,14-15H2,1H3,(H,28,29,31)/t17-/m0/s1. The molecule has 0 radical (unpaired) electrons. The second-order valence-corrected chi connectivity index (χ2v) is 10.3. The van der Waals surface area contributed by atoms with Gasteiger partial charge in [0.15, 0.2) is 0 Å². The lowest BCUT2D eigenvalue weighted by atomic mass is 9.96. The molecule has 12 nitrogen and oxygen atoms in total. The van der Waals surface area contributed by atoms with Crippen LogP contribution in [0.4, 0.5) is 11.6 Å². The monoisotopic (exact) mass is 551 g/mol. The average Bonchev–Trinajstić information content (AvgIpc) is 3.58. The number of hydrogen-bond donors (Lipinski definition) is 1. The minimum Gasteiger partial charge on any atom is -0.487 e. The van der Waals surface area contributed by atoms with Gasteiger partial charge in [-0.2, -0.15) is 0 Å². The third-order valence-corrected chi connectivity index (χ3v) is 7.17. The molecule has 4 heterocycles. The van der Waals surface area contributed by atoms with E-state index >= 15 is 0 Å². The Kier molecular flexibility index (Phi) is 7.55. The van der Waals surface area contributed by atoms with E-state index in [1.165, 1.54) is 19.3 Å². The van der Waals surface area contributed by atoms with Crippen molar-refractivity contribution in [3.05, 3.63) is 48.1 Å². The number of aromatic nitrogens is 8. The van der Waals surface area contributed by atoms with Gasteiger partial charge in [0, 0.05) is 18.0 Å². The first kappa shape index (κ1) is 25.5. The van der Waals surface area contributed by atoms with Gasteiger partial charge in [0.1, 0.15) is 30.0 Å². The maximum atomic E-state index is 6.41. The maximum Gasteiger partial charge on any atom is 0.257 e. The third kappa shape index (κ3) is 6.12. The molecular formula is C26H30ClN9O3. The van der Waals surface area contributed by atoms with Crippen molar-refractivity contribution in [2.24, 2.45) is 0 Å². The van der Waals surface area contributed by atoms with E-state index < -0.39 is 0 Å². The van der Waals surface area contributed by atoms with E-state index in [9.17, 15) is 0 Å². The topological polar surface area (TPSA) is 127 Å². The Morgan fingerprint density at radius 3 is 2.67 bits per heavy atom. The first-order valence-corrected chi connectivity index (χ1v) is 13.6. The molecule has 39 heavy (non-hydrogen) atoms. The maximum absolute atomic E-state index is 6.41. The van der Waals surface area contributed by atoms with Gasteiger partial charge >= 0.3 is 0 Å². The van der Waals surface area contributed by atoms with Crippen molar-refractivity contribution in [1.82, 2.24) is 40.0 Å². The molecule has 2 fully saturated rings. The van der Waals surface area contributed by atoms with Crippen LogP contribution in [-0.2, 0) is 11.3 Å². The molecule has 204 valence electrons. The van der Waals surface area contributed by atoms with Gasteiger partial charge in [-0.05, 0) is 47.9 Å². The van der Waals surface area contributed by atoms with Crippen LogP contribution in [-0.4, -0.2) is 65.4 Å². The number of ether oxygens (including phenoxy) is 3. The second-order valence-electron chi connectivity index (χ2n) is 9.92. The van der Waals surface area contributed by atoms with Crippen LogP contribution in [0.15, 0.2) is 43.1 Å². The summed E-state index contributed by atoms with van der Waals surface area (Å²) in [4.78, 5) is 9.10. The van der Waals surface area contributed by atoms with Gasteiger partial charge in [-0.25, -0.2) is 14.6 Å². The Bertz CT molecular complexity index is 1370. The molecule has 1 aliphatic carbocycles. The number of benzene rings is 1. The van der Waals surface area contributed by atoms with Crippen molar-refractivity contribution in [1.29, 1.82) is 0 Å². The minimum atomic E-state index is -0.193. The second kappa shape index (κ2) is 11.5. The van der Waals surface area contributed by atoms with Crippen LogP contribution in [0.3, 0.4) is 0 Å². The molecule has 0 unspecified atom stereocenters. The molecule has 2 aliphatic rings. The number of rotatable bonds is 10. The molecule has 1 saturated heterocycles. The normalized spacial score (nSPS) is 17.0. The molecule has 1 N–H and O–H groups in total. The van der Waals surface area contributed by atoms with E-state index in [4.69, 9.17) is 30.9 Å². The van der Waals surface area contributed by atoms with Crippen molar-refractivity contribution < 1.29 is 14.2 Å². The molecule has 1 aliphatic heterocycles. The fourth-order valence-electron chi connectivity index (χ4n) is 4.74. The lowest BCUT2D eigenvalue weighted by Crippen LogP contribution is -2.38. The van der Waals surface area contributed by atoms with E-state index in [1.807, 2.05) is 29.9 Å². The Labute approximate surface area is 230 Å². The van der Waals surface area contributed by atoms with Crippen LogP contribution in [0.5, 0.6) is 11.6 Å². The summed E-state index contributed by atoms with van der Waals surface area (Å²) in [5, 5.41) is 19.7. The number of hydrogen-bond acceptors (Lipinski definition) is 10. The molecule has 0 spiro atoms. The summed E-state index contributed by atoms with van der Waals surface area (Å²) >= 11 is 6.41. The van der Waals surface area contributed by atoms with Crippen LogP contribution >= 0.6 is 11.6 Å². The van der Waals surface area contributed by atoms with Crippen molar-refractivity contribution in [3.8, 4) is 22.8 Å². The fourth-order valence-corrected chi connectivity index (χ4v) is 4.90. The Hall–Kier alpha value is -3.77. The van der Waals surface area contributed by atoms with Gasteiger partial charge in [0.05, 0.1) is 37.0 Å². The zero-order valence-corrected chi connectivity index (χ0v) is 22.4. The van der Waals surface area contributed by atoms with Gasteiger partial charge in [0.2, 0.25) is 5.95 Å². The van der Waals surface area contributed by atoms with Gasteiger partial charge in [-0.3, -0.25) is 4.68 Å². The SMILES string of the molecule is C[C@@H](Cn1cnnn1)Oc1cc(-c2cnc(Nc3cn(C4CCCCC4)nc3OC3COC3)nc2)ccc1Cl. The van der Waals surface area contributed by atoms with E-state index in [2.05, 4.69) is 30.8 Å². The first-order chi connectivity index (χ1) is 19.1. The predicted molar refractivity (Wildman–Crippen MR) is 143 cm³/mol. The summed E-state index contributed by atoms with van der Waals surface area (Å²) < 4.78 is 21.1. The molecule has 1 saturated carbocycles. The number of tetrazole rings is 1. The lowest BCUT2D eigenvalue weighted by Gasteiger charge is -2.26. The third-order valence-electron chi connectivity index (χ3n) is 6.86. The van der Waals surface area contributed by atoms with Gasteiger partial charge < -0.3 is 19.5 Å². The zero-order valence-electron chi connectivity index (χ0n) is 21.6. The molecule has 0 amide bonds. The van der Waals surface area contributed by atoms with E-state index in [1.54, 1.807) is 29.5 Å². The van der Waals surface area contributed by atoms with Crippen molar-refractivity contribution in [2.45, 2.75) is 63.8 Å². The number of nitrogens with zero attached hydrogens (tertiary/aromatic N) is 8. The summed E-state index contributed by atoms with van der Waals surface area (Å²) in [7, 11) is 0. The fraction of sp³-hybridized carbons (Fsp3) is 0.462. The summed E-state index contributed by atoms with van der Waals surface area (Å²) in [6, 6.07) is 5.98. The van der Waals surface area contributed by atoms with E-state index in [0.717, 1.165) is 29.7 Å². The van der Waals surface area contributed by atoms with Crippen LogP contribution < -0.4 is 14.8 Å². The molecule has 6 rings (SSSR count). The van der Waals surface area contributed by atoms with Gasteiger partial charge in [-0.15, -0.1) is 10.2 Å². The Morgan fingerprint density at radius 1 is 1.13 bits per heavy atom. The molecule has 1 aromatic carbocycles. The summed E-state index contributed by atoms with van der Waals surface area (Å²) in [6.07, 6.45) is 12.9. The lowest BCUT2D eigenvalue weighted by molar-refractivity contribution is -0.0813. The van der Waals surface area contributed by atoms with Crippen molar-refractivity contribution in [2.75, 3.05) is 18.5 Å². The smallest absolute Gasteiger partial charge is 0.257 e. The number of nitrogens with one attached hydrogen (secondary N) is 1.